The number of carbonyl (C=O) groups is 1. The van der Waals surface area contributed by atoms with E-state index in [-0.39, 0.29) is 5.76 Å². The van der Waals surface area contributed by atoms with Crippen LogP contribution in [-0.4, -0.2) is 17.7 Å². The number of furan rings is 1. The topological polar surface area (TPSA) is 78.1 Å². The van der Waals surface area contributed by atoms with Crippen LogP contribution in [0.3, 0.4) is 0 Å². The summed E-state index contributed by atoms with van der Waals surface area (Å²) in [7, 11) is -1.48. The molecular formula is C27H25O6P. The highest BCUT2D eigenvalue weighted by Crippen LogP contribution is 2.41. The van der Waals surface area contributed by atoms with Gasteiger partial charge in [-0.05, 0) is 48.4 Å². The molecule has 4 aromatic rings. The van der Waals surface area contributed by atoms with Crippen molar-refractivity contribution in [1.29, 1.82) is 0 Å². The van der Waals surface area contributed by atoms with E-state index in [0.29, 0.717) is 36.9 Å². The standard InChI is InChI=1S/C27H25O6P/c1-2-30-23-15-22(25-13-14-26(33-25)27(28)29)16-24(17-23)34(31-18-20-9-5-3-6-10-20)32-19-21-11-7-4-8-12-21/h3-17H,2,18-19H2,1H3,(H,28,29). The highest BCUT2D eigenvalue weighted by molar-refractivity contribution is 7.56. The van der Waals surface area contributed by atoms with Crippen LogP contribution in [0.4, 0.5) is 0 Å². The second kappa shape index (κ2) is 11.6. The van der Waals surface area contributed by atoms with Gasteiger partial charge >= 0.3 is 5.97 Å². The number of hydrogen-bond donors (Lipinski definition) is 1. The monoisotopic (exact) mass is 476 g/mol. The summed E-state index contributed by atoms with van der Waals surface area (Å²) in [4.78, 5) is 11.3. The summed E-state index contributed by atoms with van der Waals surface area (Å²) in [6, 6.07) is 28.5. The SMILES string of the molecule is CCOc1cc(-c2ccc(C(=O)O)o2)cc(P(OCc2ccccc2)OCc2ccccc2)c1. The van der Waals surface area contributed by atoms with Crippen LogP contribution in [0, 0.1) is 0 Å². The Bertz CT molecular complexity index is 1160. The highest BCUT2D eigenvalue weighted by atomic mass is 31.2. The van der Waals surface area contributed by atoms with Gasteiger partial charge in [-0.2, -0.15) is 0 Å². The van der Waals surface area contributed by atoms with Gasteiger partial charge in [0.05, 0.1) is 19.8 Å². The zero-order valence-electron chi connectivity index (χ0n) is 18.7. The lowest BCUT2D eigenvalue weighted by Crippen LogP contribution is -2.08. The second-order valence-corrected chi connectivity index (χ2v) is 8.94. The largest absolute Gasteiger partial charge is 0.494 e. The number of carboxylic acids is 1. The summed E-state index contributed by atoms with van der Waals surface area (Å²) < 4.78 is 23.8. The Balaban J connectivity index is 1.65. The summed E-state index contributed by atoms with van der Waals surface area (Å²) in [5.74, 6) is -0.183. The molecule has 174 valence electrons. The molecule has 0 fully saturated rings. The number of carboxylic acid groups (broad SMARTS) is 1. The molecular weight excluding hydrogens is 451 g/mol. The average molecular weight is 476 g/mol. The zero-order valence-corrected chi connectivity index (χ0v) is 19.6. The van der Waals surface area contributed by atoms with Crippen molar-refractivity contribution in [2.75, 3.05) is 6.61 Å². The van der Waals surface area contributed by atoms with Crippen molar-refractivity contribution in [2.45, 2.75) is 20.1 Å². The van der Waals surface area contributed by atoms with Crippen molar-refractivity contribution in [1.82, 2.24) is 0 Å². The average Bonchev–Trinajstić information content (AvgIpc) is 3.36. The van der Waals surface area contributed by atoms with E-state index in [0.717, 1.165) is 16.4 Å². The van der Waals surface area contributed by atoms with E-state index < -0.39 is 14.3 Å². The summed E-state index contributed by atoms with van der Waals surface area (Å²) in [5.41, 5.74) is 2.76. The molecule has 0 atom stereocenters. The Morgan fingerprint density at radius 2 is 1.47 bits per heavy atom. The van der Waals surface area contributed by atoms with Crippen molar-refractivity contribution < 1.29 is 28.1 Å². The van der Waals surface area contributed by atoms with Gasteiger partial charge in [-0.25, -0.2) is 4.79 Å². The molecule has 4 rings (SSSR count). The fourth-order valence-corrected chi connectivity index (χ4v) is 4.67. The lowest BCUT2D eigenvalue weighted by Gasteiger charge is -2.19. The van der Waals surface area contributed by atoms with Crippen molar-refractivity contribution in [2.24, 2.45) is 0 Å². The lowest BCUT2D eigenvalue weighted by molar-refractivity contribution is 0.0663. The van der Waals surface area contributed by atoms with Gasteiger partial charge in [-0.1, -0.05) is 60.7 Å². The Morgan fingerprint density at radius 1 is 0.853 bits per heavy atom. The number of rotatable bonds is 11. The molecule has 34 heavy (non-hydrogen) atoms. The molecule has 6 nitrogen and oxygen atoms in total. The van der Waals surface area contributed by atoms with Crippen molar-refractivity contribution >= 4 is 19.6 Å². The van der Waals surface area contributed by atoms with Gasteiger partial charge in [0.2, 0.25) is 14.1 Å². The van der Waals surface area contributed by atoms with E-state index in [1.807, 2.05) is 85.8 Å². The molecule has 3 aromatic carbocycles. The van der Waals surface area contributed by atoms with Gasteiger partial charge < -0.3 is 23.3 Å². The van der Waals surface area contributed by atoms with Gasteiger partial charge in [0.25, 0.3) is 0 Å². The van der Waals surface area contributed by atoms with Gasteiger partial charge in [-0.15, -0.1) is 0 Å². The first kappa shape index (κ1) is 23.7. The minimum atomic E-state index is -1.48. The molecule has 0 saturated heterocycles. The van der Waals surface area contributed by atoms with Crippen LogP contribution < -0.4 is 10.0 Å². The van der Waals surface area contributed by atoms with E-state index in [4.69, 9.17) is 18.2 Å². The molecule has 0 saturated carbocycles. The van der Waals surface area contributed by atoms with Crippen molar-refractivity contribution in [3.05, 3.63) is 108 Å². The molecule has 0 radical (unpaired) electrons. The van der Waals surface area contributed by atoms with Crippen molar-refractivity contribution in [3.63, 3.8) is 0 Å². The van der Waals surface area contributed by atoms with Crippen LogP contribution in [0.2, 0.25) is 0 Å². The van der Waals surface area contributed by atoms with Crippen LogP contribution in [0.15, 0.2) is 95.4 Å². The Morgan fingerprint density at radius 3 is 2.00 bits per heavy atom. The first-order valence-electron chi connectivity index (χ1n) is 10.9. The Hall–Kier alpha value is -3.44. The molecule has 0 spiro atoms. The summed E-state index contributed by atoms with van der Waals surface area (Å²) in [6.45, 7) is 3.16. The summed E-state index contributed by atoms with van der Waals surface area (Å²) in [5, 5.41) is 10.0. The van der Waals surface area contributed by atoms with Gasteiger partial charge in [0, 0.05) is 10.9 Å². The molecule has 0 bridgehead atoms. The number of hydrogen-bond acceptors (Lipinski definition) is 5. The zero-order chi connectivity index (χ0) is 23.8. The van der Waals surface area contributed by atoms with Crippen LogP contribution in [0.5, 0.6) is 5.75 Å². The highest BCUT2D eigenvalue weighted by Gasteiger charge is 2.19. The maximum atomic E-state index is 11.3. The van der Waals surface area contributed by atoms with Crippen molar-refractivity contribution in [3.8, 4) is 17.1 Å². The number of aromatic carboxylic acids is 1. The van der Waals surface area contributed by atoms with E-state index >= 15 is 0 Å². The summed E-state index contributed by atoms with van der Waals surface area (Å²) >= 11 is 0. The molecule has 1 aromatic heterocycles. The first-order chi connectivity index (χ1) is 16.6. The molecule has 0 unspecified atom stereocenters. The molecule has 7 heteroatoms. The Kier molecular flexibility index (Phi) is 8.10. The third kappa shape index (κ3) is 6.33. The number of ether oxygens (including phenoxy) is 1. The third-order valence-electron chi connectivity index (χ3n) is 4.90. The molecule has 0 amide bonds. The predicted octanol–water partition coefficient (Wildman–Crippen LogP) is 6.41. The third-order valence-corrected chi connectivity index (χ3v) is 6.30. The minimum absolute atomic E-state index is 0.124. The van der Waals surface area contributed by atoms with E-state index in [1.165, 1.54) is 6.07 Å². The smallest absolute Gasteiger partial charge is 0.371 e. The fraction of sp³-hybridized carbons (Fsp3) is 0.148. The van der Waals surface area contributed by atoms with Gasteiger partial charge in [0.15, 0.2) is 0 Å². The van der Waals surface area contributed by atoms with E-state index in [2.05, 4.69) is 0 Å². The summed E-state index contributed by atoms with van der Waals surface area (Å²) in [6.07, 6.45) is 0. The first-order valence-corrected chi connectivity index (χ1v) is 12.1. The van der Waals surface area contributed by atoms with Gasteiger partial charge in [-0.3, -0.25) is 0 Å². The van der Waals surface area contributed by atoms with Crippen LogP contribution in [-0.2, 0) is 22.3 Å². The molecule has 1 heterocycles. The fourth-order valence-electron chi connectivity index (χ4n) is 3.29. The Labute approximate surface area is 199 Å². The second-order valence-electron chi connectivity index (χ2n) is 7.39. The molecule has 0 aliphatic heterocycles. The van der Waals surface area contributed by atoms with Gasteiger partial charge in [0.1, 0.15) is 11.5 Å². The predicted molar refractivity (Wildman–Crippen MR) is 131 cm³/mol. The van der Waals surface area contributed by atoms with Crippen LogP contribution in [0.25, 0.3) is 11.3 Å². The van der Waals surface area contributed by atoms with E-state index in [9.17, 15) is 9.90 Å². The lowest BCUT2D eigenvalue weighted by atomic mass is 10.1. The molecule has 0 aliphatic carbocycles. The number of benzene rings is 3. The quantitative estimate of drug-likeness (QED) is 0.252. The molecule has 0 aliphatic rings. The molecule has 1 N–H and O–H groups in total. The van der Waals surface area contributed by atoms with E-state index in [1.54, 1.807) is 6.07 Å². The minimum Gasteiger partial charge on any atom is -0.494 e. The maximum absolute atomic E-state index is 11.3. The maximum Gasteiger partial charge on any atom is 0.371 e. The van der Waals surface area contributed by atoms with Crippen LogP contribution in [0.1, 0.15) is 28.6 Å². The van der Waals surface area contributed by atoms with Crippen LogP contribution >= 0.6 is 8.38 Å². The normalized spacial score (nSPS) is 11.0.